The largest absolute Gasteiger partial charge is 0.384 e. The highest BCUT2D eigenvalue weighted by atomic mass is 15.2. The Balaban J connectivity index is 1.79. The van der Waals surface area contributed by atoms with Crippen molar-refractivity contribution in [2.75, 3.05) is 23.7 Å². The molecule has 1 saturated heterocycles. The van der Waals surface area contributed by atoms with Crippen LogP contribution in [0.15, 0.2) is 6.07 Å². The molecule has 1 unspecified atom stereocenters. The van der Waals surface area contributed by atoms with Gasteiger partial charge in [-0.1, -0.05) is 13.8 Å². The summed E-state index contributed by atoms with van der Waals surface area (Å²) in [5.41, 5.74) is 5.91. The molecule has 1 aliphatic heterocycles. The lowest BCUT2D eigenvalue weighted by molar-refractivity contribution is 0.422. The minimum absolute atomic E-state index is 0.566. The molecule has 1 atom stereocenters. The summed E-state index contributed by atoms with van der Waals surface area (Å²) in [6.45, 7) is 6.82. The molecule has 4 heteroatoms. The van der Waals surface area contributed by atoms with Crippen LogP contribution in [0, 0.1) is 11.8 Å². The van der Waals surface area contributed by atoms with E-state index in [0.29, 0.717) is 11.7 Å². The monoisotopic (exact) mass is 246 g/mol. The quantitative estimate of drug-likeness (QED) is 0.890. The van der Waals surface area contributed by atoms with Gasteiger partial charge in [-0.15, -0.1) is 0 Å². The van der Waals surface area contributed by atoms with Crippen LogP contribution < -0.4 is 10.6 Å². The van der Waals surface area contributed by atoms with E-state index in [2.05, 4.69) is 23.7 Å². The molecule has 2 aliphatic rings. The molecule has 0 radical (unpaired) electrons. The van der Waals surface area contributed by atoms with Crippen molar-refractivity contribution in [3.8, 4) is 0 Å². The summed E-state index contributed by atoms with van der Waals surface area (Å²) in [7, 11) is 0. The SMILES string of the molecule is CC(C)C1CCN(c2cc(N)nc(C3CC3)n2)C1. The first-order valence-electron chi connectivity index (χ1n) is 7.03. The van der Waals surface area contributed by atoms with Gasteiger partial charge in [-0.05, 0) is 31.1 Å². The van der Waals surface area contributed by atoms with E-state index in [0.717, 1.165) is 36.6 Å². The normalized spacial score (nSPS) is 23.9. The van der Waals surface area contributed by atoms with Gasteiger partial charge in [0, 0.05) is 25.1 Å². The number of hydrogen-bond acceptors (Lipinski definition) is 4. The average molecular weight is 246 g/mol. The Labute approximate surface area is 109 Å². The van der Waals surface area contributed by atoms with Gasteiger partial charge in [-0.25, -0.2) is 9.97 Å². The van der Waals surface area contributed by atoms with Gasteiger partial charge < -0.3 is 10.6 Å². The van der Waals surface area contributed by atoms with E-state index in [9.17, 15) is 0 Å². The Morgan fingerprint density at radius 2 is 2.06 bits per heavy atom. The molecule has 1 aromatic heterocycles. The van der Waals surface area contributed by atoms with Crippen LogP contribution in [0.2, 0.25) is 0 Å². The molecular weight excluding hydrogens is 224 g/mol. The second-order valence-corrected chi connectivity index (χ2v) is 6.02. The molecule has 0 spiro atoms. The predicted molar refractivity (Wildman–Crippen MR) is 73.6 cm³/mol. The summed E-state index contributed by atoms with van der Waals surface area (Å²) >= 11 is 0. The van der Waals surface area contributed by atoms with Gasteiger partial charge in [-0.2, -0.15) is 0 Å². The summed E-state index contributed by atoms with van der Waals surface area (Å²) in [4.78, 5) is 11.4. The molecule has 98 valence electrons. The van der Waals surface area contributed by atoms with Crippen molar-refractivity contribution in [1.29, 1.82) is 0 Å². The fourth-order valence-electron chi connectivity index (χ4n) is 2.70. The van der Waals surface area contributed by atoms with Gasteiger partial charge in [0.15, 0.2) is 0 Å². The van der Waals surface area contributed by atoms with Crippen LogP contribution in [0.25, 0.3) is 0 Å². The van der Waals surface area contributed by atoms with E-state index in [1.807, 2.05) is 6.07 Å². The standard InChI is InChI=1S/C14H22N4/c1-9(2)11-5-6-18(8-11)13-7-12(15)16-14(17-13)10-3-4-10/h7,9-11H,3-6,8H2,1-2H3,(H2,15,16,17). The highest BCUT2D eigenvalue weighted by Crippen LogP contribution is 2.39. The second kappa shape index (κ2) is 4.41. The lowest BCUT2D eigenvalue weighted by atomic mass is 9.95. The minimum atomic E-state index is 0.566. The number of nitrogen functional groups attached to an aromatic ring is 1. The molecule has 1 aromatic rings. The average Bonchev–Trinajstić information content (AvgIpc) is 3.05. The topological polar surface area (TPSA) is 55.0 Å². The van der Waals surface area contributed by atoms with Crippen molar-refractivity contribution < 1.29 is 0 Å². The number of anilines is 2. The number of rotatable bonds is 3. The van der Waals surface area contributed by atoms with Crippen molar-refractivity contribution in [3.05, 3.63) is 11.9 Å². The fourth-order valence-corrected chi connectivity index (χ4v) is 2.70. The summed E-state index contributed by atoms with van der Waals surface area (Å²) in [5.74, 6) is 4.71. The van der Waals surface area contributed by atoms with Crippen LogP contribution in [-0.2, 0) is 0 Å². The number of hydrogen-bond donors (Lipinski definition) is 1. The third-order valence-corrected chi connectivity index (χ3v) is 4.18. The van der Waals surface area contributed by atoms with Crippen molar-refractivity contribution in [3.63, 3.8) is 0 Å². The van der Waals surface area contributed by atoms with E-state index < -0.39 is 0 Å². The third-order valence-electron chi connectivity index (χ3n) is 4.18. The van der Waals surface area contributed by atoms with Gasteiger partial charge in [0.1, 0.15) is 17.5 Å². The second-order valence-electron chi connectivity index (χ2n) is 6.02. The fraction of sp³-hybridized carbons (Fsp3) is 0.714. The zero-order valence-corrected chi connectivity index (χ0v) is 11.3. The maximum Gasteiger partial charge on any atom is 0.136 e. The number of aromatic nitrogens is 2. The maximum atomic E-state index is 5.91. The zero-order valence-electron chi connectivity index (χ0n) is 11.3. The minimum Gasteiger partial charge on any atom is -0.384 e. The van der Waals surface area contributed by atoms with Gasteiger partial charge >= 0.3 is 0 Å². The summed E-state index contributed by atoms with van der Waals surface area (Å²) in [5, 5.41) is 0. The Bertz CT molecular complexity index is 439. The molecule has 1 aliphatic carbocycles. The molecule has 2 heterocycles. The molecule has 3 rings (SSSR count). The van der Waals surface area contributed by atoms with Gasteiger partial charge in [0.25, 0.3) is 0 Å². The van der Waals surface area contributed by atoms with E-state index in [1.165, 1.54) is 19.3 Å². The lowest BCUT2D eigenvalue weighted by Crippen LogP contribution is -2.23. The van der Waals surface area contributed by atoms with Crippen LogP contribution in [0.1, 0.15) is 44.9 Å². The summed E-state index contributed by atoms with van der Waals surface area (Å²) < 4.78 is 0. The third kappa shape index (κ3) is 2.28. The Hall–Kier alpha value is -1.32. The molecule has 18 heavy (non-hydrogen) atoms. The summed E-state index contributed by atoms with van der Waals surface area (Å²) in [6.07, 6.45) is 3.70. The molecule has 1 saturated carbocycles. The Morgan fingerprint density at radius 1 is 1.28 bits per heavy atom. The van der Waals surface area contributed by atoms with Gasteiger partial charge in [0.2, 0.25) is 0 Å². The lowest BCUT2D eigenvalue weighted by Gasteiger charge is -2.19. The van der Waals surface area contributed by atoms with E-state index >= 15 is 0 Å². The van der Waals surface area contributed by atoms with E-state index in [1.54, 1.807) is 0 Å². The number of nitrogens with zero attached hydrogens (tertiary/aromatic N) is 3. The van der Waals surface area contributed by atoms with Gasteiger partial charge in [-0.3, -0.25) is 0 Å². The van der Waals surface area contributed by atoms with E-state index in [-0.39, 0.29) is 0 Å². The maximum absolute atomic E-state index is 5.91. The zero-order chi connectivity index (χ0) is 12.7. The molecular formula is C14H22N4. The number of nitrogens with two attached hydrogens (primary N) is 1. The predicted octanol–water partition coefficient (Wildman–Crippen LogP) is 2.42. The molecule has 2 N–H and O–H groups in total. The molecule has 0 aromatic carbocycles. The highest BCUT2D eigenvalue weighted by Gasteiger charge is 2.30. The van der Waals surface area contributed by atoms with E-state index in [4.69, 9.17) is 10.7 Å². The van der Waals surface area contributed by atoms with Crippen LogP contribution in [0.3, 0.4) is 0 Å². The van der Waals surface area contributed by atoms with Crippen LogP contribution in [0.4, 0.5) is 11.6 Å². The molecule has 0 amide bonds. The molecule has 0 bridgehead atoms. The Morgan fingerprint density at radius 3 is 2.67 bits per heavy atom. The van der Waals surface area contributed by atoms with Crippen molar-refractivity contribution in [2.24, 2.45) is 11.8 Å². The van der Waals surface area contributed by atoms with Crippen LogP contribution in [-0.4, -0.2) is 23.1 Å². The highest BCUT2D eigenvalue weighted by molar-refractivity contribution is 5.48. The smallest absolute Gasteiger partial charge is 0.136 e. The van der Waals surface area contributed by atoms with Crippen LogP contribution in [0.5, 0.6) is 0 Å². The van der Waals surface area contributed by atoms with Crippen LogP contribution >= 0.6 is 0 Å². The van der Waals surface area contributed by atoms with Gasteiger partial charge in [0.05, 0.1) is 0 Å². The Kier molecular flexibility index (Phi) is 2.88. The summed E-state index contributed by atoms with van der Waals surface area (Å²) in [6, 6.07) is 1.93. The first kappa shape index (κ1) is 11.8. The van der Waals surface area contributed by atoms with Crippen molar-refractivity contribution >= 4 is 11.6 Å². The van der Waals surface area contributed by atoms with Crippen molar-refractivity contribution in [2.45, 2.75) is 39.0 Å². The first-order chi connectivity index (χ1) is 8.63. The van der Waals surface area contributed by atoms with Crippen molar-refractivity contribution in [1.82, 2.24) is 9.97 Å². The molecule has 2 fully saturated rings. The molecule has 4 nitrogen and oxygen atoms in total. The first-order valence-corrected chi connectivity index (χ1v) is 7.03.